The van der Waals surface area contributed by atoms with Crippen molar-refractivity contribution in [2.24, 2.45) is 0 Å². The van der Waals surface area contributed by atoms with Gasteiger partial charge in [0.05, 0.1) is 30.3 Å². The van der Waals surface area contributed by atoms with Gasteiger partial charge < -0.3 is 15.4 Å². The zero-order valence-corrected chi connectivity index (χ0v) is 22.3. The fourth-order valence-corrected chi connectivity index (χ4v) is 4.96. The molecule has 1 fully saturated rings. The number of carbonyl (C=O) groups excluding carboxylic acids is 1. The van der Waals surface area contributed by atoms with Gasteiger partial charge in [0.1, 0.15) is 11.7 Å². The van der Waals surface area contributed by atoms with E-state index in [-0.39, 0.29) is 23.6 Å². The van der Waals surface area contributed by atoms with Crippen LogP contribution in [0.1, 0.15) is 67.2 Å². The monoisotopic (exact) mass is 544 g/mol. The molecular formula is C27H29FN10O2. The van der Waals surface area contributed by atoms with Crippen molar-refractivity contribution in [2.45, 2.75) is 57.1 Å². The van der Waals surface area contributed by atoms with Gasteiger partial charge in [-0.05, 0) is 51.2 Å². The Hall–Kier alpha value is -4.70. The molecule has 0 saturated heterocycles. The maximum atomic E-state index is 13.4. The lowest BCUT2D eigenvalue weighted by Crippen LogP contribution is -2.50. The number of methoxy groups -OCH3 is 1. The average Bonchev–Trinajstić information content (AvgIpc) is 3.60. The Morgan fingerprint density at radius 1 is 1.25 bits per heavy atom. The topological polar surface area (TPSA) is 159 Å². The number of carbonyl (C=O) groups is 1. The van der Waals surface area contributed by atoms with Crippen LogP contribution in [-0.2, 0) is 9.53 Å². The fraction of sp³-hybridized carbons (Fsp3) is 0.370. The summed E-state index contributed by atoms with van der Waals surface area (Å²) in [6.07, 6.45) is 7.60. The quantitative estimate of drug-likeness (QED) is 0.300. The second-order valence-electron chi connectivity index (χ2n) is 9.88. The number of amides is 1. The summed E-state index contributed by atoms with van der Waals surface area (Å²) in [5.74, 6) is 0.854. The molecule has 1 saturated carbocycles. The molecule has 0 aromatic carbocycles. The molecule has 0 radical (unpaired) electrons. The minimum Gasteiger partial charge on any atom is -0.368 e. The SMILES string of the molecule is COC1(C(=O)N[C@@H](C)c2ccc(-n3cc(F)cn3)nc2)CCC(c2nc(Nc3cc(C)[nH]n3)cnc2C#N)CC1. The Balaban J connectivity index is 1.24. The Morgan fingerprint density at radius 2 is 2.05 bits per heavy atom. The first-order chi connectivity index (χ1) is 19.3. The third-order valence-electron chi connectivity index (χ3n) is 7.26. The van der Waals surface area contributed by atoms with E-state index in [1.165, 1.54) is 17.1 Å². The van der Waals surface area contributed by atoms with Crippen LogP contribution in [0.2, 0.25) is 0 Å². The summed E-state index contributed by atoms with van der Waals surface area (Å²) >= 11 is 0. The highest BCUT2D eigenvalue weighted by molar-refractivity contribution is 5.85. The van der Waals surface area contributed by atoms with Gasteiger partial charge in [0.15, 0.2) is 29.0 Å². The molecule has 1 atom stereocenters. The van der Waals surface area contributed by atoms with Crippen molar-refractivity contribution in [3.8, 4) is 11.9 Å². The second kappa shape index (κ2) is 11.2. The van der Waals surface area contributed by atoms with E-state index in [9.17, 15) is 14.4 Å². The highest BCUT2D eigenvalue weighted by Gasteiger charge is 2.43. The first-order valence-corrected chi connectivity index (χ1v) is 12.9. The normalized spacial score (nSPS) is 19.5. The third-order valence-corrected chi connectivity index (χ3v) is 7.26. The molecule has 4 aromatic rings. The number of hydrogen-bond donors (Lipinski definition) is 3. The molecule has 4 aromatic heterocycles. The predicted octanol–water partition coefficient (Wildman–Crippen LogP) is 3.76. The molecule has 4 heterocycles. The van der Waals surface area contributed by atoms with Crippen LogP contribution >= 0.6 is 0 Å². The smallest absolute Gasteiger partial charge is 0.252 e. The van der Waals surface area contributed by atoms with Crippen LogP contribution in [0.4, 0.5) is 16.0 Å². The summed E-state index contributed by atoms with van der Waals surface area (Å²) in [5, 5.41) is 26.8. The number of nitriles is 1. The highest BCUT2D eigenvalue weighted by Crippen LogP contribution is 2.40. The van der Waals surface area contributed by atoms with Crippen molar-refractivity contribution >= 4 is 17.5 Å². The van der Waals surface area contributed by atoms with E-state index in [4.69, 9.17) is 4.74 Å². The molecule has 206 valence electrons. The van der Waals surface area contributed by atoms with E-state index in [1.54, 1.807) is 19.4 Å². The number of aromatic nitrogens is 7. The van der Waals surface area contributed by atoms with Crippen molar-refractivity contribution in [1.82, 2.24) is 40.2 Å². The number of pyridine rings is 1. The number of halogens is 1. The van der Waals surface area contributed by atoms with Crippen molar-refractivity contribution in [3.63, 3.8) is 0 Å². The summed E-state index contributed by atoms with van der Waals surface area (Å²) < 4.78 is 20.4. The Labute approximate surface area is 230 Å². The zero-order valence-electron chi connectivity index (χ0n) is 22.3. The van der Waals surface area contributed by atoms with Gasteiger partial charge in [-0.25, -0.2) is 24.0 Å². The van der Waals surface area contributed by atoms with Crippen LogP contribution in [0.15, 0.2) is 43.0 Å². The molecule has 0 aliphatic heterocycles. The largest absolute Gasteiger partial charge is 0.368 e. The lowest BCUT2D eigenvalue weighted by atomic mass is 9.76. The van der Waals surface area contributed by atoms with E-state index >= 15 is 0 Å². The molecule has 5 rings (SSSR count). The molecular weight excluding hydrogens is 515 g/mol. The van der Waals surface area contributed by atoms with Crippen molar-refractivity contribution in [2.75, 3.05) is 12.4 Å². The van der Waals surface area contributed by atoms with Crippen LogP contribution in [0.3, 0.4) is 0 Å². The number of ether oxygens (including phenoxy) is 1. The van der Waals surface area contributed by atoms with Crippen molar-refractivity contribution < 1.29 is 13.9 Å². The van der Waals surface area contributed by atoms with Crippen molar-refractivity contribution in [1.29, 1.82) is 5.26 Å². The fourth-order valence-electron chi connectivity index (χ4n) is 4.96. The Morgan fingerprint density at radius 3 is 2.65 bits per heavy atom. The lowest BCUT2D eigenvalue weighted by Gasteiger charge is -2.38. The molecule has 0 spiro atoms. The number of H-pyrrole nitrogens is 1. The number of hydrogen-bond acceptors (Lipinski definition) is 9. The summed E-state index contributed by atoms with van der Waals surface area (Å²) in [6, 6.07) is 7.18. The van der Waals surface area contributed by atoms with E-state index in [0.29, 0.717) is 48.8 Å². The molecule has 0 bridgehead atoms. The van der Waals surface area contributed by atoms with Crippen LogP contribution < -0.4 is 10.6 Å². The van der Waals surface area contributed by atoms with Gasteiger partial charge >= 0.3 is 0 Å². The Kier molecular flexibility index (Phi) is 7.52. The number of nitrogens with one attached hydrogen (secondary N) is 3. The van der Waals surface area contributed by atoms with Gasteiger partial charge in [-0.1, -0.05) is 6.07 Å². The summed E-state index contributed by atoms with van der Waals surface area (Å²) in [7, 11) is 1.54. The zero-order chi connectivity index (χ0) is 28.3. The molecule has 13 heteroatoms. The molecule has 1 amide bonds. The summed E-state index contributed by atoms with van der Waals surface area (Å²) in [6.45, 7) is 3.76. The minimum absolute atomic E-state index is 0.0535. The number of rotatable bonds is 8. The van der Waals surface area contributed by atoms with E-state index in [2.05, 4.69) is 47.0 Å². The maximum Gasteiger partial charge on any atom is 0.252 e. The molecule has 40 heavy (non-hydrogen) atoms. The van der Waals surface area contributed by atoms with Gasteiger partial charge in [0.2, 0.25) is 0 Å². The van der Waals surface area contributed by atoms with E-state index < -0.39 is 11.4 Å². The lowest BCUT2D eigenvalue weighted by molar-refractivity contribution is -0.148. The minimum atomic E-state index is -1.01. The second-order valence-corrected chi connectivity index (χ2v) is 9.88. The number of nitrogens with zero attached hydrogens (tertiary/aromatic N) is 7. The molecule has 0 unspecified atom stereocenters. The molecule has 3 N–H and O–H groups in total. The number of anilines is 2. The van der Waals surface area contributed by atoms with Crippen LogP contribution in [0, 0.1) is 24.1 Å². The standard InChI is InChI=1S/C27H29FN10O2/c1-16-10-22(37-36-16)34-23-14-30-21(11-29)25(35-23)18-6-8-27(40-3,9-7-18)26(39)33-17(2)19-4-5-24(31-12-19)38-15-20(28)13-32-38/h4-5,10,12-15,17-18H,6-9H2,1-3H3,(H,33,39)(H2,34,35,36,37)/t17-,18?,27?/m0/s1. The van der Waals surface area contributed by atoms with E-state index in [0.717, 1.165) is 17.5 Å². The average molecular weight is 545 g/mol. The number of aromatic amines is 1. The molecule has 1 aliphatic rings. The van der Waals surface area contributed by atoms with Gasteiger partial charge in [0.25, 0.3) is 5.91 Å². The van der Waals surface area contributed by atoms with Crippen LogP contribution in [0.25, 0.3) is 5.82 Å². The van der Waals surface area contributed by atoms with Crippen LogP contribution in [0.5, 0.6) is 0 Å². The first kappa shape index (κ1) is 26.9. The highest BCUT2D eigenvalue weighted by atomic mass is 19.1. The van der Waals surface area contributed by atoms with Gasteiger partial charge in [0, 0.05) is 31.0 Å². The van der Waals surface area contributed by atoms with Gasteiger partial charge in [-0.2, -0.15) is 15.5 Å². The predicted molar refractivity (Wildman–Crippen MR) is 142 cm³/mol. The van der Waals surface area contributed by atoms with Crippen LogP contribution in [-0.4, -0.2) is 53.5 Å². The van der Waals surface area contributed by atoms with Gasteiger partial charge in [-0.3, -0.25) is 9.89 Å². The van der Waals surface area contributed by atoms with Crippen molar-refractivity contribution in [3.05, 3.63) is 71.4 Å². The summed E-state index contributed by atoms with van der Waals surface area (Å²) in [4.78, 5) is 26.8. The summed E-state index contributed by atoms with van der Waals surface area (Å²) in [5.41, 5.74) is 1.55. The van der Waals surface area contributed by atoms with E-state index in [1.807, 2.05) is 26.0 Å². The first-order valence-electron chi connectivity index (χ1n) is 12.9. The Bertz CT molecular complexity index is 1530. The number of aryl methyl sites for hydroxylation is 1. The van der Waals surface area contributed by atoms with Gasteiger partial charge in [-0.15, -0.1) is 0 Å². The maximum absolute atomic E-state index is 13.4. The third kappa shape index (κ3) is 5.52. The molecule has 12 nitrogen and oxygen atoms in total. The molecule has 1 aliphatic carbocycles.